The largest absolute Gasteiger partial charge is 0.497 e. The smallest absolute Gasteiger partial charge is 0.118 e. The number of nitrogens with one attached hydrogen (secondary N) is 1. The highest BCUT2D eigenvalue weighted by Gasteiger charge is 2.10. The lowest BCUT2D eigenvalue weighted by atomic mass is 10.1. The van der Waals surface area contributed by atoms with Gasteiger partial charge in [-0.15, -0.1) is 17.0 Å². The van der Waals surface area contributed by atoms with Gasteiger partial charge >= 0.3 is 0 Å². The molecule has 0 aliphatic rings. The Morgan fingerprint density at radius 2 is 1.87 bits per heavy atom. The quantitative estimate of drug-likeness (QED) is 0.732. The maximum Gasteiger partial charge on any atom is 0.118 e. The van der Waals surface area contributed by atoms with Crippen LogP contribution in [0.4, 0.5) is 0 Å². The molecule has 5 heteroatoms. The van der Waals surface area contributed by atoms with Crippen LogP contribution in [0.2, 0.25) is 5.02 Å². The molecular formula is C18H23BrClNO2. The first kappa shape index (κ1) is 20.0. The summed E-state index contributed by atoms with van der Waals surface area (Å²) in [4.78, 5) is 0. The molecule has 0 aliphatic heterocycles. The van der Waals surface area contributed by atoms with Crippen molar-refractivity contribution in [3.8, 4) is 5.75 Å². The minimum absolute atomic E-state index is 0. The van der Waals surface area contributed by atoms with Crippen molar-refractivity contribution in [2.24, 2.45) is 0 Å². The first-order valence-corrected chi connectivity index (χ1v) is 7.76. The maximum absolute atomic E-state index is 10.2. The summed E-state index contributed by atoms with van der Waals surface area (Å²) in [5, 5.41) is 14.2. The molecule has 23 heavy (non-hydrogen) atoms. The summed E-state index contributed by atoms with van der Waals surface area (Å²) in [6, 6.07) is 15.6. The minimum atomic E-state index is -0.558. The lowest BCUT2D eigenvalue weighted by Crippen LogP contribution is -2.32. The van der Waals surface area contributed by atoms with E-state index in [9.17, 15) is 5.11 Å². The van der Waals surface area contributed by atoms with Crippen molar-refractivity contribution >= 4 is 28.6 Å². The fraction of sp³-hybridized carbons (Fsp3) is 0.333. The molecule has 2 rings (SSSR count). The van der Waals surface area contributed by atoms with Crippen molar-refractivity contribution < 1.29 is 9.84 Å². The van der Waals surface area contributed by atoms with Gasteiger partial charge in [-0.2, -0.15) is 0 Å². The summed E-state index contributed by atoms with van der Waals surface area (Å²) in [6.07, 6.45) is 0.337. The Balaban J connectivity index is 0.00000264. The zero-order valence-electron chi connectivity index (χ0n) is 13.3. The average Bonchev–Trinajstić information content (AvgIpc) is 2.53. The number of aliphatic hydroxyl groups is 1. The lowest BCUT2D eigenvalue weighted by molar-refractivity contribution is 0.170. The molecule has 0 aromatic heterocycles. The van der Waals surface area contributed by atoms with Crippen LogP contribution in [0.5, 0.6) is 5.75 Å². The Morgan fingerprint density at radius 1 is 1.17 bits per heavy atom. The van der Waals surface area contributed by atoms with E-state index >= 15 is 0 Å². The van der Waals surface area contributed by atoms with Gasteiger partial charge in [-0.1, -0.05) is 35.9 Å². The predicted octanol–water partition coefficient (Wildman–Crippen LogP) is 4.18. The van der Waals surface area contributed by atoms with Gasteiger partial charge in [-0.25, -0.2) is 0 Å². The van der Waals surface area contributed by atoms with Gasteiger partial charge < -0.3 is 15.2 Å². The van der Waals surface area contributed by atoms with Gasteiger partial charge in [0.15, 0.2) is 0 Å². The van der Waals surface area contributed by atoms with Gasteiger partial charge in [0.1, 0.15) is 5.75 Å². The van der Waals surface area contributed by atoms with E-state index in [1.54, 1.807) is 19.2 Å². The first-order valence-electron chi connectivity index (χ1n) is 7.38. The molecule has 2 atom stereocenters. The van der Waals surface area contributed by atoms with Crippen LogP contribution in [0.25, 0.3) is 0 Å². The zero-order valence-corrected chi connectivity index (χ0v) is 15.8. The molecular weight excluding hydrogens is 378 g/mol. The van der Waals surface area contributed by atoms with E-state index in [4.69, 9.17) is 16.3 Å². The van der Waals surface area contributed by atoms with Crippen molar-refractivity contribution in [3.05, 3.63) is 64.7 Å². The van der Waals surface area contributed by atoms with Crippen LogP contribution in [-0.2, 0) is 6.42 Å². The standard InChI is InChI=1S/C18H22ClNO2.BrH/c1-13(10-14-6-8-17(22-2)9-7-14)20-12-18(21)15-4-3-5-16(19)11-15;/h3-9,11,13,18,20-21H,10,12H2,1-2H3;1H. The van der Waals surface area contributed by atoms with Gasteiger partial charge in [0.25, 0.3) is 0 Å². The van der Waals surface area contributed by atoms with Crippen LogP contribution < -0.4 is 10.1 Å². The Hall–Kier alpha value is -1.07. The van der Waals surface area contributed by atoms with E-state index in [0.29, 0.717) is 11.6 Å². The second-order valence-electron chi connectivity index (χ2n) is 5.43. The Labute approximate surface area is 153 Å². The molecule has 0 saturated heterocycles. The van der Waals surface area contributed by atoms with Gasteiger partial charge in [0, 0.05) is 17.6 Å². The van der Waals surface area contributed by atoms with Crippen molar-refractivity contribution in [2.75, 3.05) is 13.7 Å². The van der Waals surface area contributed by atoms with E-state index in [-0.39, 0.29) is 23.0 Å². The third-order valence-corrected chi connectivity index (χ3v) is 3.83. The van der Waals surface area contributed by atoms with Gasteiger partial charge in [-0.3, -0.25) is 0 Å². The molecule has 2 aromatic rings. The van der Waals surface area contributed by atoms with Gasteiger partial charge in [0.2, 0.25) is 0 Å². The average molecular weight is 401 g/mol. The Morgan fingerprint density at radius 3 is 2.48 bits per heavy atom. The topological polar surface area (TPSA) is 41.5 Å². The summed E-state index contributed by atoms with van der Waals surface area (Å²) in [5.41, 5.74) is 2.06. The van der Waals surface area contributed by atoms with Crippen molar-refractivity contribution in [1.29, 1.82) is 0 Å². The first-order chi connectivity index (χ1) is 10.6. The third-order valence-electron chi connectivity index (χ3n) is 3.59. The molecule has 0 bridgehead atoms. The Bertz CT molecular complexity index is 592. The number of hydrogen-bond donors (Lipinski definition) is 2. The second kappa shape index (κ2) is 9.93. The van der Waals surface area contributed by atoms with E-state index in [1.165, 1.54) is 5.56 Å². The summed E-state index contributed by atoms with van der Waals surface area (Å²) in [6.45, 7) is 2.60. The van der Waals surface area contributed by atoms with Crippen LogP contribution in [-0.4, -0.2) is 24.8 Å². The van der Waals surface area contributed by atoms with E-state index < -0.39 is 6.10 Å². The van der Waals surface area contributed by atoms with E-state index in [1.807, 2.05) is 24.3 Å². The number of rotatable bonds is 7. The van der Waals surface area contributed by atoms with Crippen molar-refractivity contribution in [3.63, 3.8) is 0 Å². The molecule has 0 amide bonds. The highest BCUT2D eigenvalue weighted by molar-refractivity contribution is 8.93. The maximum atomic E-state index is 10.2. The highest BCUT2D eigenvalue weighted by atomic mass is 79.9. The molecule has 2 unspecified atom stereocenters. The molecule has 0 fully saturated rings. The van der Waals surface area contributed by atoms with Crippen LogP contribution in [0.3, 0.4) is 0 Å². The number of ether oxygens (including phenoxy) is 1. The summed E-state index contributed by atoms with van der Waals surface area (Å²) < 4.78 is 5.15. The second-order valence-corrected chi connectivity index (χ2v) is 5.87. The highest BCUT2D eigenvalue weighted by Crippen LogP contribution is 2.17. The molecule has 3 nitrogen and oxygen atoms in total. The Kier molecular flexibility index (Phi) is 8.63. The number of benzene rings is 2. The molecule has 0 heterocycles. The number of aliphatic hydroxyl groups excluding tert-OH is 1. The molecule has 2 aromatic carbocycles. The molecule has 2 N–H and O–H groups in total. The number of methoxy groups -OCH3 is 1. The fourth-order valence-electron chi connectivity index (χ4n) is 2.33. The lowest BCUT2D eigenvalue weighted by Gasteiger charge is -2.18. The van der Waals surface area contributed by atoms with E-state index in [0.717, 1.165) is 17.7 Å². The normalized spacial score (nSPS) is 13.0. The predicted molar refractivity (Wildman–Crippen MR) is 101 cm³/mol. The summed E-state index contributed by atoms with van der Waals surface area (Å²) in [5.74, 6) is 0.862. The molecule has 0 aliphatic carbocycles. The number of hydrogen-bond acceptors (Lipinski definition) is 3. The molecule has 0 saturated carbocycles. The summed E-state index contributed by atoms with van der Waals surface area (Å²) >= 11 is 5.94. The van der Waals surface area contributed by atoms with Crippen molar-refractivity contribution in [1.82, 2.24) is 5.32 Å². The summed E-state index contributed by atoms with van der Waals surface area (Å²) in [7, 11) is 1.66. The van der Waals surface area contributed by atoms with Crippen LogP contribution >= 0.6 is 28.6 Å². The SMILES string of the molecule is Br.COc1ccc(CC(C)NCC(O)c2cccc(Cl)c2)cc1. The molecule has 126 valence electrons. The monoisotopic (exact) mass is 399 g/mol. The zero-order chi connectivity index (χ0) is 15.9. The number of halogens is 2. The molecule has 0 spiro atoms. The van der Waals surface area contributed by atoms with Crippen LogP contribution in [0.15, 0.2) is 48.5 Å². The van der Waals surface area contributed by atoms with E-state index in [2.05, 4.69) is 24.4 Å². The van der Waals surface area contributed by atoms with Crippen molar-refractivity contribution in [2.45, 2.75) is 25.5 Å². The third kappa shape index (κ3) is 6.51. The fourth-order valence-corrected chi connectivity index (χ4v) is 2.53. The van der Waals surface area contributed by atoms with Crippen LogP contribution in [0, 0.1) is 0 Å². The van der Waals surface area contributed by atoms with Gasteiger partial charge in [0.05, 0.1) is 13.2 Å². The minimum Gasteiger partial charge on any atom is -0.497 e. The van der Waals surface area contributed by atoms with Gasteiger partial charge in [-0.05, 0) is 48.7 Å². The molecule has 0 radical (unpaired) electrons. The van der Waals surface area contributed by atoms with Crippen LogP contribution in [0.1, 0.15) is 24.2 Å².